The summed E-state index contributed by atoms with van der Waals surface area (Å²) in [7, 11) is 0. The number of amides is 2. The summed E-state index contributed by atoms with van der Waals surface area (Å²) in [5.41, 5.74) is 0.753. The molecule has 6 heteroatoms. The predicted octanol–water partition coefficient (Wildman–Crippen LogP) is 1.11. The van der Waals surface area contributed by atoms with Crippen LogP contribution in [0.3, 0.4) is 0 Å². The minimum Gasteiger partial charge on any atom is -0.355 e. The van der Waals surface area contributed by atoms with Gasteiger partial charge in [-0.25, -0.2) is 0 Å². The Morgan fingerprint density at radius 3 is 2.53 bits per heavy atom. The average molecular weight is 326 g/mol. The number of nitrogens with one attached hydrogen (secondary N) is 3. The van der Waals surface area contributed by atoms with Gasteiger partial charge in [0.05, 0.1) is 5.92 Å². The van der Waals surface area contributed by atoms with E-state index in [-0.39, 0.29) is 24.2 Å². The lowest BCUT2D eigenvalue weighted by atomic mass is 10.0. The summed E-state index contributed by atoms with van der Waals surface area (Å²) in [6, 6.07) is 7.36. The molecule has 0 atom stereocenters. The van der Waals surface area contributed by atoms with Crippen LogP contribution >= 0.6 is 15.9 Å². The van der Waals surface area contributed by atoms with Gasteiger partial charge in [0.1, 0.15) is 0 Å². The van der Waals surface area contributed by atoms with Gasteiger partial charge in [0.15, 0.2) is 0 Å². The van der Waals surface area contributed by atoms with Crippen molar-refractivity contribution in [2.45, 2.75) is 6.42 Å². The van der Waals surface area contributed by atoms with E-state index in [1.54, 1.807) is 0 Å². The first-order valence-electron chi connectivity index (χ1n) is 6.19. The van der Waals surface area contributed by atoms with Gasteiger partial charge in [-0.3, -0.25) is 9.59 Å². The Morgan fingerprint density at radius 2 is 1.95 bits per heavy atom. The zero-order chi connectivity index (χ0) is 13.7. The normalized spacial score (nSPS) is 14.6. The first kappa shape index (κ1) is 14.0. The molecule has 1 heterocycles. The van der Waals surface area contributed by atoms with Crippen molar-refractivity contribution in [2.75, 3.05) is 25.0 Å². The fourth-order valence-corrected chi connectivity index (χ4v) is 1.94. The van der Waals surface area contributed by atoms with Gasteiger partial charge in [-0.1, -0.05) is 15.9 Å². The molecular formula is C13H16BrN3O2. The number of anilines is 1. The molecule has 0 unspecified atom stereocenters. The van der Waals surface area contributed by atoms with E-state index in [1.807, 2.05) is 24.3 Å². The highest BCUT2D eigenvalue weighted by molar-refractivity contribution is 9.10. The third-order valence-corrected chi connectivity index (χ3v) is 3.46. The average Bonchev–Trinajstić information content (AvgIpc) is 2.30. The molecule has 1 aromatic rings. The van der Waals surface area contributed by atoms with E-state index in [4.69, 9.17) is 0 Å². The van der Waals surface area contributed by atoms with Crippen molar-refractivity contribution < 1.29 is 9.59 Å². The van der Waals surface area contributed by atoms with Gasteiger partial charge >= 0.3 is 0 Å². The number of benzene rings is 1. The van der Waals surface area contributed by atoms with Crippen LogP contribution in [0.5, 0.6) is 0 Å². The number of carbonyl (C=O) groups is 2. The molecule has 1 fully saturated rings. The lowest BCUT2D eigenvalue weighted by Crippen LogP contribution is -2.51. The summed E-state index contributed by atoms with van der Waals surface area (Å²) < 4.78 is 0.965. The largest absolute Gasteiger partial charge is 0.355 e. The summed E-state index contributed by atoms with van der Waals surface area (Å²) >= 11 is 3.33. The second-order valence-corrected chi connectivity index (χ2v) is 5.37. The van der Waals surface area contributed by atoms with E-state index in [2.05, 4.69) is 31.9 Å². The van der Waals surface area contributed by atoms with E-state index in [0.717, 1.165) is 23.2 Å². The maximum absolute atomic E-state index is 11.6. The predicted molar refractivity (Wildman–Crippen MR) is 76.8 cm³/mol. The monoisotopic (exact) mass is 325 g/mol. The van der Waals surface area contributed by atoms with E-state index < -0.39 is 0 Å². The summed E-state index contributed by atoms with van der Waals surface area (Å²) in [4.78, 5) is 23.2. The minimum absolute atomic E-state index is 0.0233. The van der Waals surface area contributed by atoms with E-state index in [9.17, 15) is 9.59 Å². The second-order valence-electron chi connectivity index (χ2n) is 4.45. The smallest absolute Gasteiger partial charge is 0.226 e. The zero-order valence-corrected chi connectivity index (χ0v) is 12.0. The Labute approximate surface area is 120 Å². The summed E-state index contributed by atoms with van der Waals surface area (Å²) in [5.74, 6) is -0.0147. The van der Waals surface area contributed by atoms with E-state index in [1.165, 1.54) is 0 Å². The molecule has 19 heavy (non-hydrogen) atoms. The minimum atomic E-state index is -0.102. The maximum Gasteiger partial charge on any atom is 0.226 e. The van der Waals surface area contributed by atoms with Crippen LogP contribution in [0.4, 0.5) is 5.69 Å². The number of hydrogen-bond acceptors (Lipinski definition) is 3. The molecule has 0 saturated carbocycles. The highest BCUT2D eigenvalue weighted by atomic mass is 79.9. The molecule has 3 N–H and O–H groups in total. The highest BCUT2D eigenvalue weighted by Gasteiger charge is 2.24. The molecule has 1 aliphatic rings. The Bertz CT molecular complexity index is 457. The molecule has 0 bridgehead atoms. The molecule has 1 saturated heterocycles. The molecule has 0 spiro atoms. The van der Waals surface area contributed by atoms with Crippen LogP contribution in [0.2, 0.25) is 0 Å². The number of rotatable bonds is 5. The van der Waals surface area contributed by atoms with Crippen molar-refractivity contribution >= 4 is 33.4 Å². The molecule has 2 amide bonds. The van der Waals surface area contributed by atoms with E-state index >= 15 is 0 Å². The van der Waals surface area contributed by atoms with Crippen LogP contribution in [-0.4, -0.2) is 31.4 Å². The molecule has 0 aliphatic carbocycles. The van der Waals surface area contributed by atoms with Gasteiger partial charge < -0.3 is 16.0 Å². The van der Waals surface area contributed by atoms with Gasteiger partial charge in [0.25, 0.3) is 0 Å². The standard InChI is InChI=1S/C13H16BrN3O2/c14-10-1-3-11(4-2-10)17-12(18)5-6-16-13(19)9-7-15-8-9/h1-4,9,15H,5-8H2,(H,16,19)(H,17,18). The third-order valence-electron chi connectivity index (χ3n) is 2.93. The fraction of sp³-hybridized carbons (Fsp3) is 0.385. The van der Waals surface area contributed by atoms with E-state index in [0.29, 0.717) is 6.54 Å². The quantitative estimate of drug-likeness (QED) is 0.759. The summed E-state index contributed by atoms with van der Waals surface area (Å²) in [6.45, 7) is 1.84. The molecule has 2 rings (SSSR count). The van der Waals surface area contributed by atoms with Gasteiger partial charge in [0, 0.05) is 36.2 Å². The van der Waals surface area contributed by atoms with Gasteiger partial charge in [-0.2, -0.15) is 0 Å². The third kappa shape index (κ3) is 4.33. The zero-order valence-electron chi connectivity index (χ0n) is 10.4. The lowest BCUT2D eigenvalue weighted by Gasteiger charge is -2.25. The van der Waals surface area contributed by atoms with Crippen LogP contribution < -0.4 is 16.0 Å². The van der Waals surface area contributed by atoms with Crippen LogP contribution in [0.1, 0.15) is 6.42 Å². The lowest BCUT2D eigenvalue weighted by molar-refractivity contribution is -0.126. The Hall–Kier alpha value is -1.40. The molecular weight excluding hydrogens is 310 g/mol. The first-order valence-corrected chi connectivity index (χ1v) is 6.98. The molecule has 0 aromatic heterocycles. The van der Waals surface area contributed by atoms with Crippen molar-refractivity contribution in [1.29, 1.82) is 0 Å². The Balaban J connectivity index is 1.66. The van der Waals surface area contributed by atoms with Crippen molar-refractivity contribution in [3.05, 3.63) is 28.7 Å². The van der Waals surface area contributed by atoms with Crippen molar-refractivity contribution in [2.24, 2.45) is 5.92 Å². The Kier molecular flexibility index (Phi) is 4.93. The van der Waals surface area contributed by atoms with Crippen LogP contribution in [-0.2, 0) is 9.59 Å². The number of halogens is 1. The van der Waals surface area contributed by atoms with Crippen molar-refractivity contribution in [1.82, 2.24) is 10.6 Å². The molecule has 0 radical (unpaired) electrons. The SMILES string of the molecule is O=C(CCNC(=O)C1CNC1)Nc1ccc(Br)cc1. The maximum atomic E-state index is 11.6. The Morgan fingerprint density at radius 1 is 1.26 bits per heavy atom. The van der Waals surface area contributed by atoms with Crippen molar-refractivity contribution in [3.63, 3.8) is 0 Å². The number of hydrogen-bond donors (Lipinski definition) is 3. The summed E-state index contributed by atoms with van der Waals surface area (Å²) in [5, 5.41) is 8.57. The number of carbonyl (C=O) groups excluding carboxylic acids is 2. The topological polar surface area (TPSA) is 70.2 Å². The van der Waals surface area contributed by atoms with Gasteiger partial charge in [-0.05, 0) is 24.3 Å². The highest BCUT2D eigenvalue weighted by Crippen LogP contribution is 2.14. The first-order chi connectivity index (χ1) is 9.15. The molecule has 1 aliphatic heterocycles. The molecule has 1 aromatic carbocycles. The molecule has 102 valence electrons. The van der Waals surface area contributed by atoms with Crippen LogP contribution in [0.15, 0.2) is 28.7 Å². The van der Waals surface area contributed by atoms with Crippen LogP contribution in [0.25, 0.3) is 0 Å². The molecule has 5 nitrogen and oxygen atoms in total. The van der Waals surface area contributed by atoms with Gasteiger partial charge in [-0.15, -0.1) is 0 Å². The fourth-order valence-electron chi connectivity index (χ4n) is 1.67. The summed E-state index contributed by atoms with van der Waals surface area (Å²) in [6.07, 6.45) is 0.280. The van der Waals surface area contributed by atoms with Crippen molar-refractivity contribution in [3.8, 4) is 0 Å². The van der Waals surface area contributed by atoms with Crippen LogP contribution in [0, 0.1) is 5.92 Å². The van der Waals surface area contributed by atoms with Gasteiger partial charge in [0.2, 0.25) is 11.8 Å². The second kappa shape index (κ2) is 6.68.